The third kappa shape index (κ3) is 5.10. The monoisotopic (exact) mass is 490 g/mol. The van der Waals surface area contributed by atoms with E-state index in [9.17, 15) is 18.0 Å². The van der Waals surface area contributed by atoms with Crippen LogP contribution < -0.4 is 0 Å². The Bertz CT molecular complexity index is 996. The van der Waals surface area contributed by atoms with Crippen LogP contribution >= 0.6 is 0 Å². The van der Waals surface area contributed by atoms with Crippen LogP contribution in [0.1, 0.15) is 48.8 Å². The van der Waals surface area contributed by atoms with E-state index in [4.69, 9.17) is 0 Å². The van der Waals surface area contributed by atoms with Crippen LogP contribution in [0.25, 0.3) is 0 Å². The van der Waals surface area contributed by atoms with E-state index in [1.807, 2.05) is 47.6 Å². The minimum atomic E-state index is -3.58. The molecule has 4 rings (SSSR count). The number of piperidine rings is 2. The number of rotatable bonds is 3. The number of piperazine rings is 1. The molecule has 0 N–H and O–H groups in total. The molecule has 3 aliphatic rings. The smallest absolute Gasteiger partial charge is 0.320 e. The average molecular weight is 491 g/mol. The van der Waals surface area contributed by atoms with Gasteiger partial charge in [-0.3, -0.25) is 4.79 Å². The third-order valence-corrected chi connectivity index (χ3v) is 9.70. The number of carbonyl (C=O) groups excluding carboxylic acids is 2. The Labute approximate surface area is 203 Å². The van der Waals surface area contributed by atoms with Crippen molar-refractivity contribution in [1.82, 2.24) is 19.0 Å². The highest BCUT2D eigenvalue weighted by Crippen LogP contribution is 2.29. The van der Waals surface area contributed by atoms with Crippen LogP contribution in [0, 0.1) is 26.7 Å². The molecule has 3 amide bonds. The van der Waals surface area contributed by atoms with Crippen molar-refractivity contribution in [1.29, 1.82) is 0 Å². The van der Waals surface area contributed by atoms with Gasteiger partial charge in [0.25, 0.3) is 0 Å². The van der Waals surface area contributed by atoms with Gasteiger partial charge in [-0.15, -0.1) is 0 Å². The van der Waals surface area contributed by atoms with Crippen molar-refractivity contribution in [3.63, 3.8) is 0 Å². The van der Waals surface area contributed by atoms with Crippen molar-refractivity contribution < 1.29 is 18.0 Å². The van der Waals surface area contributed by atoms with Gasteiger partial charge in [0.15, 0.2) is 0 Å². The molecule has 188 valence electrons. The summed E-state index contributed by atoms with van der Waals surface area (Å²) < 4.78 is 28.2. The zero-order chi connectivity index (χ0) is 24.5. The second-order valence-corrected chi connectivity index (χ2v) is 11.9. The van der Waals surface area contributed by atoms with Gasteiger partial charge in [0.05, 0.1) is 4.90 Å². The summed E-state index contributed by atoms with van der Waals surface area (Å²) in [6, 6.07) is 3.92. The van der Waals surface area contributed by atoms with Crippen molar-refractivity contribution in [2.45, 2.75) is 57.8 Å². The maximum Gasteiger partial charge on any atom is 0.320 e. The minimum absolute atomic E-state index is 0.102. The average Bonchev–Trinajstić information content (AvgIpc) is 2.83. The summed E-state index contributed by atoms with van der Waals surface area (Å²) in [7, 11) is -3.58. The lowest BCUT2D eigenvalue weighted by molar-refractivity contribution is -0.138. The van der Waals surface area contributed by atoms with E-state index < -0.39 is 10.0 Å². The second kappa shape index (κ2) is 10.2. The molecule has 0 unspecified atom stereocenters. The number of amides is 3. The Hall–Kier alpha value is -2.13. The number of aryl methyl sites for hydroxylation is 3. The van der Waals surface area contributed by atoms with Gasteiger partial charge in [-0.05, 0) is 64.0 Å². The molecule has 0 bridgehead atoms. The van der Waals surface area contributed by atoms with Gasteiger partial charge in [0.2, 0.25) is 15.9 Å². The van der Waals surface area contributed by atoms with Crippen LogP contribution in [0.4, 0.5) is 4.79 Å². The third-order valence-electron chi connectivity index (χ3n) is 7.49. The zero-order valence-electron chi connectivity index (χ0n) is 20.8. The van der Waals surface area contributed by atoms with E-state index in [-0.39, 0.29) is 17.9 Å². The highest BCUT2D eigenvalue weighted by Gasteiger charge is 2.36. The molecule has 8 nitrogen and oxygen atoms in total. The number of carbonyl (C=O) groups is 2. The Morgan fingerprint density at radius 2 is 1.24 bits per heavy atom. The second-order valence-electron chi connectivity index (χ2n) is 10.0. The predicted molar refractivity (Wildman–Crippen MR) is 131 cm³/mol. The molecule has 0 aliphatic carbocycles. The van der Waals surface area contributed by atoms with E-state index in [2.05, 4.69) is 0 Å². The molecule has 9 heteroatoms. The van der Waals surface area contributed by atoms with Gasteiger partial charge >= 0.3 is 6.03 Å². The van der Waals surface area contributed by atoms with Crippen molar-refractivity contribution in [3.05, 3.63) is 28.8 Å². The number of sulfonamides is 1. The molecule has 1 aromatic carbocycles. The van der Waals surface area contributed by atoms with Gasteiger partial charge in [-0.1, -0.05) is 17.7 Å². The van der Waals surface area contributed by atoms with Gasteiger partial charge in [0, 0.05) is 58.3 Å². The van der Waals surface area contributed by atoms with Gasteiger partial charge in [-0.25, -0.2) is 13.2 Å². The Morgan fingerprint density at radius 3 is 1.79 bits per heavy atom. The molecule has 0 atom stereocenters. The number of urea groups is 1. The van der Waals surface area contributed by atoms with Crippen LogP contribution in [-0.4, -0.2) is 91.7 Å². The number of hydrogen-bond donors (Lipinski definition) is 0. The molecule has 0 radical (unpaired) electrons. The number of benzene rings is 1. The van der Waals surface area contributed by atoms with Crippen molar-refractivity contribution in [2.24, 2.45) is 5.92 Å². The summed E-state index contributed by atoms with van der Waals surface area (Å²) in [5.41, 5.74) is 2.59. The molecule has 3 heterocycles. The first-order valence-corrected chi connectivity index (χ1v) is 14.0. The summed E-state index contributed by atoms with van der Waals surface area (Å²) in [5, 5.41) is 0. The lowest BCUT2D eigenvalue weighted by atomic mass is 9.96. The fraction of sp³-hybridized carbons (Fsp3) is 0.680. The van der Waals surface area contributed by atoms with Crippen LogP contribution in [0.5, 0.6) is 0 Å². The SMILES string of the molecule is Cc1cc(C)c(S(=O)(=O)N2CCC(C(=O)N3CCN(C(=O)N4CCCCC4)CC3)CC2)c(C)c1. The maximum atomic E-state index is 13.3. The quantitative estimate of drug-likeness (QED) is 0.653. The van der Waals surface area contributed by atoms with Gasteiger partial charge < -0.3 is 14.7 Å². The highest BCUT2D eigenvalue weighted by atomic mass is 32.2. The first-order chi connectivity index (χ1) is 16.2. The lowest BCUT2D eigenvalue weighted by Crippen LogP contribution is -2.56. The molecule has 3 aliphatic heterocycles. The normalized spacial score (nSPS) is 21.1. The molecule has 3 saturated heterocycles. The zero-order valence-corrected chi connectivity index (χ0v) is 21.6. The fourth-order valence-electron chi connectivity index (χ4n) is 5.71. The Kier molecular flexibility index (Phi) is 7.52. The topological polar surface area (TPSA) is 81.2 Å². The summed E-state index contributed by atoms with van der Waals surface area (Å²) in [5.74, 6) is -0.0548. The van der Waals surface area contributed by atoms with E-state index >= 15 is 0 Å². The van der Waals surface area contributed by atoms with Gasteiger partial charge in [-0.2, -0.15) is 4.31 Å². The molecule has 0 spiro atoms. The Balaban J connectivity index is 1.31. The fourth-order valence-corrected chi connectivity index (χ4v) is 7.59. The van der Waals surface area contributed by atoms with Crippen LogP contribution in [-0.2, 0) is 14.8 Å². The molecule has 0 aromatic heterocycles. The number of likely N-dealkylation sites (tertiary alicyclic amines) is 1. The van der Waals surface area contributed by atoms with Crippen LogP contribution in [0.15, 0.2) is 17.0 Å². The van der Waals surface area contributed by atoms with E-state index in [1.54, 1.807) is 0 Å². The molecule has 1 aromatic rings. The first kappa shape index (κ1) is 25.0. The summed E-state index contributed by atoms with van der Waals surface area (Å²) >= 11 is 0. The van der Waals surface area contributed by atoms with Crippen LogP contribution in [0.3, 0.4) is 0 Å². The summed E-state index contributed by atoms with van der Waals surface area (Å²) in [4.78, 5) is 32.0. The number of nitrogens with zero attached hydrogens (tertiary/aromatic N) is 4. The first-order valence-electron chi connectivity index (χ1n) is 12.6. The van der Waals surface area contributed by atoms with E-state index in [1.165, 1.54) is 10.7 Å². The molecule has 0 saturated carbocycles. The van der Waals surface area contributed by atoms with E-state index in [0.29, 0.717) is 57.0 Å². The molecular formula is C25H38N4O4S. The van der Waals surface area contributed by atoms with Gasteiger partial charge in [0.1, 0.15) is 0 Å². The highest BCUT2D eigenvalue weighted by molar-refractivity contribution is 7.89. The standard InChI is InChI=1S/C25H38N4O4S/c1-19-17-20(2)23(21(3)18-19)34(32,33)29-11-7-22(8-12-29)24(30)26-13-15-28(16-14-26)25(31)27-9-5-4-6-10-27/h17-18,22H,4-16H2,1-3H3. The maximum absolute atomic E-state index is 13.3. The molecular weight excluding hydrogens is 452 g/mol. The molecule has 3 fully saturated rings. The number of hydrogen-bond acceptors (Lipinski definition) is 4. The lowest BCUT2D eigenvalue weighted by Gasteiger charge is -2.40. The largest absolute Gasteiger partial charge is 0.339 e. The summed E-state index contributed by atoms with van der Waals surface area (Å²) in [6.45, 7) is 10.3. The van der Waals surface area contributed by atoms with E-state index in [0.717, 1.165) is 42.6 Å². The summed E-state index contributed by atoms with van der Waals surface area (Å²) in [6.07, 6.45) is 4.41. The molecule has 34 heavy (non-hydrogen) atoms. The van der Waals surface area contributed by atoms with Crippen molar-refractivity contribution in [3.8, 4) is 0 Å². The van der Waals surface area contributed by atoms with Crippen LogP contribution in [0.2, 0.25) is 0 Å². The van der Waals surface area contributed by atoms with Crippen molar-refractivity contribution in [2.75, 3.05) is 52.4 Å². The Morgan fingerprint density at radius 1 is 0.735 bits per heavy atom. The van der Waals surface area contributed by atoms with Crippen molar-refractivity contribution >= 4 is 22.0 Å². The minimum Gasteiger partial charge on any atom is -0.339 e. The predicted octanol–water partition coefficient (Wildman–Crippen LogP) is 2.76.